The van der Waals surface area contributed by atoms with Crippen LogP contribution in [0.4, 0.5) is 0 Å². The van der Waals surface area contributed by atoms with E-state index in [0.29, 0.717) is 0 Å². The van der Waals surface area contributed by atoms with Gasteiger partial charge in [0.2, 0.25) is 0 Å². The predicted molar refractivity (Wildman–Crippen MR) is 93.6 cm³/mol. The first-order valence-corrected chi connectivity index (χ1v) is 8.51. The van der Waals surface area contributed by atoms with Crippen molar-refractivity contribution >= 4 is 12.4 Å². The van der Waals surface area contributed by atoms with Crippen LogP contribution in [-0.4, -0.2) is 18.0 Å². The normalized spacial score (nSPS) is 13.6. The Kier molecular flexibility index (Phi) is 14.6. The van der Waals surface area contributed by atoms with E-state index in [2.05, 4.69) is 36.3 Å². The zero-order valence-electron chi connectivity index (χ0n) is 13.4. The van der Waals surface area contributed by atoms with E-state index in [1.165, 1.54) is 77.2 Å². The molecule has 0 aromatic heterocycles. The van der Waals surface area contributed by atoms with Crippen molar-refractivity contribution in [2.75, 3.05) is 13.1 Å². The molecule has 0 radical (unpaired) electrons. The molecule has 1 nitrogen and oxygen atoms in total. The monoisotopic (exact) mass is 299 g/mol. The largest absolute Gasteiger partial charge is 0.374 e. The highest BCUT2D eigenvalue weighted by atomic mass is 35.5. The number of nitrogens with zero attached hydrogens (tertiary/aromatic N) is 1. The van der Waals surface area contributed by atoms with E-state index < -0.39 is 0 Å². The van der Waals surface area contributed by atoms with Crippen LogP contribution >= 0.6 is 12.4 Å². The first kappa shape index (κ1) is 19.6. The van der Waals surface area contributed by atoms with Gasteiger partial charge in [-0.15, -0.1) is 12.4 Å². The number of hydrogen-bond acceptors (Lipinski definition) is 1. The van der Waals surface area contributed by atoms with Gasteiger partial charge in [-0.2, -0.15) is 0 Å². The van der Waals surface area contributed by atoms with Crippen molar-refractivity contribution in [3.63, 3.8) is 0 Å². The molecule has 0 aromatic rings. The molecule has 0 bridgehead atoms. The third-order valence-corrected chi connectivity index (χ3v) is 3.93. The molecule has 0 saturated carbocycles. The topological polar surface area (TPSA) is 3.24 Å². The van der Waals surface area contributed by atoms with Gasteiger partial charge in [-0.1, -0.05) is 83.3 Å². The van der Waals surface area contributed by atoms with Crippen LogP contribution in [0.25, 0.3) is 0 Å². The molecular weight excluding hydrogens is 266 g/mol. The zero-order valence-corrected chi connectivity index (χ0v) is 14.2. The van der Waals surface area contributed by atoms with Gasteiger partial charge in [-0.25, -0.2) is 0 Å². The van der Waals surface area contributed by atoms with Crippen molar-refractivity contribution in [3.05, 3.63) is 24.4 Å². The maximum atomic E-state index is 2.41. The van der Waals surface area contributed by atoms with Crippen LogP contribution < -0.4 is 0 Å². The molecule has 2 heteroatoms. The first-order valence-electron chi connectivity index (χ1n) is 8.51. The summed E-state index contributed by atoms with van der Waals surface area (Å²) in [6.45, 7) is 4.63. The minimum atomic E-state index is 0. The van der Waals surface area contributed by atoms with E-state index in [4.69, 9.17) is 0 Å². The van der Waals surface area contributed by atoms with Gasteiger partial charge >= 0.3 is 0 Å². The average molecular weight is 300 g/mol. The summed E-state index contributed by atoms with van der Waals surface area (Å²) in [6.07, 6.45) is 24.5. The van der Waals surface area contributed by atoms with Crippen LogP contribution in [-0.2, 0) is 0 Å². The van der Waals surface area contributed by atoms with Crippen molar-refractivity contribution < 1.29 is 0 Å². The molecule has 1 aliphatic heterocycles. The van der Waals surface area contributed by atoms with E-state index in [-0.39, 0.29) is 12.4 Å². The van der Waals surface area contributed by atoms with Crippen LogP contribution in [0.3, 0.4) is 0 Å². The van der Waals surface area contributed by atoms with Crippen LogP contribution in [0.15, 0.2) is 24.4 Å². The molecule has 0 atom stereocenters. The average Bonchev–Trinajstić information content (AvgIpc) is 2.46. The van der Waals surface area contributed by atoms with Crippen molar-refractivity contribution in [2.24, 2.45) is 0 Å². The molecule has 0 aliphatic carbocycles. The lowest BCUT2D eigenvalue weighted by Gasteiger charge is -2.20. The third kappa shape index (κ3) is 11.4. The summed E-state index contributed by atoms with van der Waals surface area (Å²) in [5.41, 5.74) is 0. The Labute approximate surface area is 132 Å². The number of hydrogen-bond donors (Lipinski definition) is 0. The van der Waals surface area contributed by atoms with Gasteiger partial charge in [-0.3, -0.25) is 0 Å². The minimum Gasteiger partial charge on any atom is -0.374 e. The predicted octanol–water partition coefficient (Wildman–Crippen LogP) is 6.10. The standard InChI is InChI=1S/C18H33N.ClH/c1-2-3-4-5-6-7-8-9-10-11-13-16-19-17-14-12-15-18-19;/h12,14-15,17H,2-11,13,16,18H2,1H3;1H. The van der Waals surface area contributed by atoms with Gasteiger partial charge in [0.1, 0.15) is 0 Å². The Morgan fingerprint density at radius 3 is 1.80 bits per heavy atom. The lowest BCUT2D eigenvalue weighted by atomic mass is 10.1. The zero-order chi connectivity index (χ0) is 13.6. The Morgan fingerprint density at radius 1 is 0.750 bits per heavy atom. The van der Waals surface area contributed by atoms with Gasteiger partial charge in [0, 0.05) is 13.1 Å². The van der Waals surface area contributed by atoms with E-state index in [1.807, 2.05) is 0 Å². The Balaban J connectivity index is 0.00000361. The fourth-order valence-electron chi connectivity index (χ4n) is 2.65. The molecule has 0 fully saturated rings. The molecule has 0 unspecified atom stereocenters. The van der Waals surface area contributed by atoms with Crippen LogP contribution in [0.5, 0.6) is 0 Å². The third-order valence-electron chi connectivity index (χ3n) is 3.93. The second-order valence-corrected chi connectivity index (χ2v) is 5.80. The van der Waals surface area contributed by atoms with Crippen LogP contribution in [0.1, 0.15) is 77.6 Å². The number of halogens is 1. The molecule has 0 spiro atoms. The fourth-order valence-corrected chi connectivity index (χ4v) is 2.65. The summed E-state index contributed by atoms with van der Waals surface area (Å²) >= 11 is 0. The molecular formula is C18H34ClN. The Morgan fingerprint density at radius 2 is 1.30 bits per heavy atom. The summed E-state index contributed by atoms with van der Waals surface area (Å²) in [4.78, 5) is 2.41. The van der Waals surface area contributed by atoms with E-state index >= 15 is 0 Å². The van der Waals surface area contributed by atoms with Crippen molar-refractivity contribution in [1.82, 2.24) is 4.90 Å². The number of rotatable bonds is 12. The maximum absolute atomic E-state index is 2.41. The molecule has 0 saturated heterocycles. The number of allylic oxidation sites excluding steroid dienone is 2. The lowest BCUT2D eigenvalue weighted by molar-refractivity contribution is 0.392. The van der Waals surface area contributed by atoms with E-state index in [9.17, 15) is 0 Å². The van der Waals surface area contributed by atoms with Gasteiger partial charge < -0.3 is 4.90 Å². The SMILES string of the molecule is CCCCCCCCCCCCCN1C=CC=CC1.Cl. The molecule has 1 rings (SSSR count). The van der Waals surface area contributed by atoms with Crippen LogP contribution in [0, 0.1) is 0 Å². The highest BCUT2D eigenvalue weighted by Crippen LogP contribution is 2.11. The molecule has 118 valence electrons. The number of unbranched alkanes of at least 4 members (excludes halogenated alkanes) is 10. The highest BCUT2D eigenvalue weighted by molar-refractivity contribution is 5.85. The quantitative estimate of drug-likeness (QED) is 0.393. The van der Waals surface area contributed by atoms with Gasteiger partial charge in [0.25, 0.3) is 0 Å². The molecule has 0 aromatic carbocycles. The van der Waals surface area contributed by atoms with Gasteiger partial charge in [-0.05, 0) is 18.7 Å². The summed E-state index contributed by atoms with van der Waals surface area (Å²) < 4.78 is 0. The van der Waals surface area contributed by atoms with Crippen LogP contribution in [0.2, 0.25) is 0 Å². The highest BCUT2D eigenvalue weighted by Gasteiger charge is 1.99. The smallest absolute Gasteiger partial charge is 0.0357 e. The maximum Gasteiger partial charge on any atom is 0.0357 e. The summed E-state index contributed by atoms with van der Waals surface area (Å²) in [6, 6.07) is 0. The fraction of sp³-hybridized carbons (Fsp3) is 0.778. The van der Waals surface area contributed by atoms with Gasteiger partial charge in [0.05, 0.1) is 0 Å². The molecule has 1 heterocycles. The molecule has 20 heavy (non-hydrogen) atoms. The molecule has 0 amide bonds. The second-order valence-electron chi connectivity index (χ2n) is 5.80. The van der Waals surface area contributed by atoms with Crippen molar-refractivity contribution in [1.29, 1.82) is 0 Å². The minimum absolute atomic E-state index is 0. The molecule has 0 N–H and O–H groups in total. The van der Waals surface area contributed by atoms with Gasteiger partial charge in [0.15, 0.2) is 0 Å². The summed E-state index contributed by atoms with van der Waals surface area (Å²) in [7, 11) is 0. The Bertz CT molecular complexity index is 248. The summed E-state index contributed by atoms with van der Waals surface area (Å²) in [5.74, 6) is 0. The van der Waals surface area contributed by atoms with Crippen molar-refractivity contribution in [3.8, 4) is 0 Å². The summed E-state index contributed by atoms with van der Waals surface area (Å²) in [5, 5.41) is 0. The second kappa shape index (κ2) is 15.0. The molecule has 1 aliphatic rings. The van der Waals surface area contributed by atoms with Crippen molar-refractivity contribution in [2.45, 2.75) is 77.6 Å². The Hall–Kier alpha value is -0.430. The van der Waals surface area contributed by atoms with E-state index in [0.717, 1.165) is 6.54 Å². The van der Waals surface area contributed by atoms with E-state index in [1.54, 1.807) is 0 Å². The first-order chi connectivity index (χ1) is 9.43. The lowest BCUT2D eigenvalue weighted by Crippen LogP contribution is -2.19.